The molecule has 1 N–H and O–H groups in total. The molecule has 0 aromatic heterocycles. The summed E-state index contributed by atoms with van der Waals surface area (Å²) in [5, 5.41) is 2.85. The van der Waals surface area contributed by atoms with Crippen LogP contribution in [0.1, 0.15) is 40.4 Å². The Kier molecular flexibility index (Phi) is 7.85. The molecule has 0 bridgehead atoms. The quantitative estimate of drug-likeness (QED) is 0.476. The highest BCUT2D eigenvalue weighted by atomic mass is 32.2. The molecule has 36 heavy (non-hydrogen) atoms. The van der Waals surface area contributed by atoms with Crippen molar-refractivity contribution < 1.29 is 22.7 Å². The molecule has 1 aliphatic rings. The van der Waals surface area contributed by atoms with Crippen molar-refractivity contribution in [2.75, 3.05) is 12.3 Å². The number of hydrogen-bond donors (Lipinski definition) is 1. The molecular formula is C28H28N2O5S. The summed E-state index contributed by atoms with van der Waals surface area (Å²) in [5.41, 5.74) is 4.20. The predicted octanol–water partition coefficient (Wildman–Crippen LogP) is 4.79. The van der Waals surface area contributed by atoms with Crippen LogP contribution in [0.15, 0.2) is 90.0 Å². The van der Waals surface area contributed by atoms with Crippen molar-refractivity contribution in [2.45, 2.75) is 31.4 Å². The van der Waals surface area contributed by atoms with E-state index in [2.05, 4.69) is 5.32 Å². The Balaban J connectivity index is 1.30. The molecule has 0 radical (unpaired) electrons. The predicted molar refractivity (Wildman–Crippen MR) is 138 cm³/mol. The third-order valence-electron chi connectivity index (χ3n) is 6.01. The topological polar surface area (TPSA) is 92.8 Å². The van der Waals surface area contributed by atoms with Gasteiger partial charge in [0.1, 0.15) is 6.61 Å². The molecule has 0 saturated carbocycles. The van der Waals surface area contributed by atoms with Gasteiger partial charge in [-0.2, -0.15) is 0 Å². The van der Waals surface area contributed by atoms with Crippen molar-refractivity contribution in [1.82, 2.24) is 10.2 Å². The van der Waals surface area contributed by atoms with Gasteiger partial charge in [-0.25, -0.2) is 13.2 Å². The minimum atomic E-state index is -3.24. The van der Waals surface area contributed by atoms with Crippen LogP contribution < -0.4 is 5.32 Å². The van der Waals surface area contributed by atoms with Gasteiger partial charge in [-0.1, -0.05) is 61.5 Å². The molecule has 3 aromatic rings. The maximum atomic E-state index is 12.6. The fraction of sp³-hybridized carbons (Fsp3) is 0.214. The molecule has 0 spiro atoms. The van der Waals surface area contributed by atoms with Gasteiger partial charge in [0.05, 0.1) is 10.6 Å². The third kappa shape index (κ3) is 6.20. The van der Waals surface area contributed by atoms with Crippen LogP contribution >= 0.6 is 0 Å². The minimum Gasteiger partial charge on any atom is -0.444 e. The second-order valence-electron chi connectivity index (χ2n) is 8.45. The van der Waals surface area contributed by atoms with E-state index in [4.69, 9.17) is 4.74 Å². The first-order valence-electron chi connectivity index (χ1n) is 11.7. The molecule has 0 aliphatic carbocycles. The number of amides is 2. The second-order valence-corrected chi connectivity index (χ2v) is 10.7. The van der Waals surface area contributed by atoms with E-state index in [1.165, 1.54) is 0 Å². The third-order valence-corrected chi connectivity index (χ3v) is 7.76. The molecule has 0 atom stereocenters. The maximum Gasteiger partial charge on any atom is 0.414 e. The zero-order valence-electron chi connectivity index (χ0n) is 20.0. The lowest BCUT2D eigenvalue weighted by Gasteiger charge is -2.13. The summed E-state index contributed by atoms with van der Waals surface area (Å²) in [6, 6.07) is 23.3. The maximum absolute atomic E-state index is 12.6. The Bertz CT molecular complexity index is 1350. The highest BCUT2D eigenvalue weighted by Crippen LogP contribution is 2.26. The van der Waals surface area contributed by atoms with E-state index in [0.29, 0.717) is 18.5 Å². The van der Waals surface area contributed by atoms with Crippen LogP contribution in [0.3, 0.4) is 0 Å². The molecule has 0 unspecified atom stereocenters. The molecule has 2 amide bonds. The summed E-state index contributed by atoms with van der Waals surface area (Å²) >= 11 is 0. The van der Waals surface area contributed by atoms with Crippen molar-refractivity contribution in [3.05, 3.63) is 107 Å². The number of carbonyl (C=O) groups excluding carboxylic acids is 2. The van der Waals surface area contributed by atoms with Gasteiger partial charge in [0.2, 0.25) is 0 Å². The van der Waals surface area contributed by atoms with E-state index in [-0.39, 0.29) is 35.8 Å². The number of benzene rings is 3. The van der Waals surface area contributed by atoms with Gasteiger partial charge < -0.3 is 10.1 Å². The first kappa shape index (κ1) is 25.2. The number of rotatable bonds is 8. The summed E-state index contributed by atoms with van der Waals surface area (Å²) in [6.45, 7) is 2.67. The van der Waals surface area contributed by atoms with Gasteiger partial charge in [0.25, 0.3) is 5.91 Å². The average molecular weight is 505 g/mol. The van der Waals surface area contributed by atoms with E-state index in [0.717, 1.165) is 22.3 Å². The first-order chi connectivity index (χ1) is 17.4. The van der Waals surface area contributed by atoms with Gasteiger partial charge in [-0.3, -0.25) is 9.69 Å². The van der Waals surface area contributed by atoms with Crippen molar-refractivity contribution in [1.29, 1.82) is 0 Å². The molecule has 1 heterocycles. The Morgan fingerprint density at radius 3 is 2.28 bits per heavy atom. The second kappa shape index (κ2) is 11.2. The lowest BCUT2D eigenvalue weighted by molar-refractivity contribution is 0.0950. The van der Waals surface area contributed by atoms with Crippen LogP contribution in [0.5, 0.6) is 0 Å². The van der Waals surface area contributed by atoms with Gasteiger partial charge in [0.15, 0.2) is 9.84 Å². The van der Waals surface area contributed by atoms with E-state index < -0.39 is 9.84 Å². The highest BCUT2D eigenvalue weighted by Gasteiger charge is 2.21. The van der Waals surface area contributed by atoms with Gasteiger partial charge >= 0.3 is 6.09 Å². The number of sulfone groups is 1. The van der Waals surface area contributed by atoms with Crippen molar-refractivity contribution >= 4 is 27.4 Å². The minimum absolute atomic E-state index is 0.0480. The lowest BCUT2D eigenvalue weighted by Crippen LogP contribution is -2.24. The molecule has 3 aromatic carbocycles. The van der Waals surface area contributed by atoms with Crippen LogP contribution in [-0.4, -0.2) is 37.6 Å². The Morgan fingerprint density at radius 1 is 0.917 bits per heavy atom. The van der Waals surface area contributed by atoms with E-state index in [1.807, 2.05) is 42.5 Å². The molecule has 0 fully saturated rings. The van der Waals surface area contributed by atoms with Crippen LogP contribution in [0.4, 0.5) is 4.79 Å². The summed E-state index contributed by atoms with van der Waals surface area (Å²) < 4.78 is 29.2. The van der Waals surface area contributed by atoms with Crippen LogP contribution in [0.2, 0.25) is 0 Å². The SMILES string of the molecule is CCS(=O)(=O)c1ccc(CNC(=O)c2ccc(C3=CN(C(=O)OCc4ccccc4)CC3)cc2)cc1. The summed E-state index contributed by atoms with van der Waals surface area (Å²) in [7, 11) is -3.24. The fourth-order valence-electron chi connectivity index (χ4n) is 3.82. The van der Waals surface area contributed by atoms with Gasteiger partial charge in [0, 0.05) is 24.9 Å². The van der Waals surface area contributed by atoms with Gasteiger partial charge in [-0.05, 0) is 52.9 Å². The van der Waals surface area contributed by atoms with Crippen molar-refractivity contribution in [3.63, 3.8) is 0 Å². The lowest BCUT2D eigenvalue weighted by atomic mass is 10.0. The largest absolute Gasteiger partial charge is 0.444 e. The van der Waals surface area contributed by atoms with E-state index in [9.17, 15) is 18.0 Å². The number of nitrogens with one attached hydrogen (secondary N) is 1. The number of ether oxygens (including phenoxy) is 1. The number of carbonyl (C=O) groups is 2. The van der Waals surface area contributed by atoms with Crippen molar-refractivity contribution in [2.24, 2.45) is 0 Å². The first-order valence-corrected chi connectivity index (χ1v) is 13.4. The molecule has 1 aliphatic heterocycles. The molecule has 0 saturated heterocycles. The smallest absolute Gasteiger partial charge is 0.414 e. The highest BCUT2D eigenvalue weighted by molar-refractivity contribution is 7.91. The molecule has 186 valence electrons. The summed E-state index contributed by atoms with van der Waals surface area (Å²) in [4.78, 5) is 26.8. The Morgan fingerprint density at radius 2 is 1.61 bits per heavy atom. The number of hydrogen-bond acceptors (Lipinski definition) is 5. The van der Waals surface area contributed by atoms with Crippen LogP contribution in [0.25, 0.3) is 5.57 Å². The normalized spacial score (nSPS) is 13.2. The number of nitrogens with zero attached hydrogens (tertiary/aromatic N) is 1. The van der Waals surface area contributed by atoms with Crippen molar-refractivity contribution in [3.8, 4) is 0 Å². The zero-order chi connectivity index (χ0) is 25.5. The summed E-state index contributed by atoms with van der Waals surface area (Å²) in [6.07, 6.45) is 2.12. The Hall–Kier alpha value is -3.91. The van der Waals surface area contributed by atoms with Gasteiger partial charge in [-0.15, -0.1) is 0 Å². The van der Waals surface area contributed by atoms with Crippen LogP contribution in [-0.2, 0) is 27.7 Å². The molecule has 7 nitrogen and oxygen atoms in total. The molecular weight excluding hydrogens is 476 g/mol. The Labute approximate surface area is 211 Å². The monoisotopic (exact) mass is 504 g/mol. The fourth-order valence-corrected chi connectivity index (χ4v) is 4.71. The average Bonchev–Trinajstić information content (AvgIpc) is 3.42. The van der Waals surface area contributed by atoms with E-state index in [1.54, 1.807) is 54.4 Å². The van der Waals surface area contributed by atoms with Crippen LogP contribution in [0, 0.1) is 0 Å². The molecule has 4 rings (SSSR count). The zero-order valence-corrected chi connectivity index (χ0v) is 20.8. The molecule has 8 heteroatoms. The standard InChI is InChI=1S/C28H28N2O5S/c1-2-36(33,34)26-14-8-21(9-15-26)18-29-27(31)24-12-10-23(11-13-24)25-16-17-30(19-25)28(32)35-20-22-6-4-3-5-7-22/h3-15,19H,2,16-18,20H2,1H3,(H,29,31). The summed E-state index contributed by atoms with van der Waals surface area (Å²) in [5.74, 6) is -0.176. The van der Waals surface area contributed by atoms with E-state index >= 15 is 0 Å².